The summed E-state index contributed by atoms with van der Waals surface area (Å²) in [6.45, 7) is 3.76. The first-order chi connectivity index (χ1) is 7.61. The zero-order chi connectivity index (χ0) is 12.0. The summed E-state index contributed by atoms with van der Waals surface area (Å²) in [5.41, 5.74) is 0. The van der Waals surface area contributed by atoms with Crippen molar-refractivity contribution in [2.24, 2.45) is 5.92 Å². The quantitative estimate of drug-likeness (QED) is 0.776. The fraction of sp³-hybridized carbons (Fsp3) is 0.923. The molecule has 0 heterocycles. The molecule has 94 valence electrons. The predicted octanol–water partition coefficient (Wildman–Crippen LogP) is 2.80. The van der Waals surface area contributed by atoms with E-state index in [0.717, 1.165) is 0 Å². The highest BCUT2D eigenvalue weighted by Gasteiger charge is 2.22. The van der Waals surface area contributed by atoms with E-state index < -0.39 is 5.97 Å². The third-order valence-electron chi connectivity index (χ3n) is 3.74. The number of carboxylic acids is 1. The molecule has 0 aliphatic heterocycles. The van der Waals surface area contributed by atoms with Gasteiger partial charge in [-0.3, -0.25) is 4.79 Å². The van der Waals surface area contributed by atoms with E-state index >= 15 is 0 Å². The van der Waals surface area contributed by atoms with Crippen molar-refractivity contribution in [1.29, 1.82) is 0 Å². The van der Waals surface area contributed by atoms with E-state index in [1.807, 2.05) is 6.92 Å². The van der Waals surface area contributed by atoms with Crippen molar-refractivity contribution in [3.05, 3.63) is 0 Å². The molecule has 2 unspecified atom stereocenters. The Bertz CT molecular complexity index is 210. The Morgan fingerprint density at radius 3 is 2.12 bits per heavy atom. The van der Waals surface area contributed by atoms with E-state index in [0.29, 0.717) is 6.04 Å². The van der Waals surface area contributed by atoms with Gasteiger partial charge in [-0.2, -0.15) is 0 Å². The van der Waals surface area contributed by atoms with Crippen LogP contribution in [0.4, 0.5) is 0 Å². The van der Waals surface area contributed by atoms with Crippen LogP contribution in [0.15, 0.2) is 0 Å². The second-order valence-electron chi connectivity index (χ2n) is 5.12. The molecule has 0 amide bonds. The van der Waals surface area contributed by atoms with E-state index in [1.165, 1.54) is 44.9 Å². The van der Waals surface area contributed by atoms with Gasteiger partial charge in [0.25, 0.3) is 0 Å². The minimum atomic E-state index is -0.703. The Hall–Kier alpha value is -0.570. The zero-order valence-corrected chi connectivity index (χ0v) is 10.5. The van der Waals surface area contributed by atoms with Crippen LogP contribution in [0.25, 0.3) is 0 Å². The van der Waals surface area contributed by atoms with Crippen LogP contribution in [-0.2, 0) is 4.79 Å². The van der Waals surface area contributed by atoms with Crippen LogP contribution in [0.3, 0.4) is 0 Å². The fourth-order valence-electron chi connectivity index (χ4n) is 2.35. The lowest BCUT2D eigenvalue weighted by Gasteiger charge is -2.27. The van der Waals surface area contributed by atoms with Gasteiger partial charge in [0.05, 0.1) is 5.92 Å². The Kier molecular flexibility index (Phi) is 5.81. The maximum absolute atomic E-state index is 10.9. The molecule has 0 aromatic carbocycles. The summed E-state index contributed by atoms with van der Waals surface area (Å²) < 4.78 is 0. The molecule has 16 heavy (non-hydrogen) atoms. The average molecular weight is 227 g/mol. The standard InChI is InChI=1S/C13H25NO2/c1-10(13(15)16)11(2)14-12-8-6-4-3-5-7-9-12/h10-12,14H,3-9H2,1-2H3,(H,15,16). The first-order valence-corrected chi connectivity index (χ1v) is 6.60. The molecule has 1 aliphatic rings. The van der Waals surface area contributed by atoms with E-state index in [1.54, 1.807) is 6.92 Å². The molecule has 1 rings (SSSR count). The Labute approximate surface area is 98.6 Å². The predicted molar refractivity (Wildman–Crippen MR) is 65.5 cm³/mol. The summed E-state index contributed by atoms with van der Waals surface area (Å²) in [5, 5.41) is 12.4. The lowest BCUT2D eigenvalue weighted by atomic mass is 9.94. The molecule has 1 aliphatic carbocycles. The average Bonchev–Trinajstić information content (AvgIpc) is 2.20. The molecule has 0 spiro atoms. The molecule has 0 saturated heterocycles. The molecule has 3 nitrogen and oxygen atoms in total. The smallest absolute Gasteiger partial charge is 0.307 e. The molecule has 2 atom stereocenters. The highest BCUT2D eigenvalue weighted by molar-refractivity contribution is 5.70. The van der Waals surface area contributed by atoms with Crippen LogP contribution in [0.5, 0.6) is 0 Å². The lowest BCUT2D eigenvalue weighted by molar-refractivity contribution is -0.142. The molecule has 2 N–H and O–H groups in total. The molecular formula is C13H25NO2. The van der Waals surface area contributed by atoms with Crippen LogP contribution in [0, 0.1) is 5.92 Å². The number of carboxylic acid groups (broad SMARTS) is 1. The minimum Gasteiger partial charge on any atom is -0.481 e. The number of nitrogens with one attached hydrogen (secondary N) is 1. The van der Waals surface area contributed by atoms with Crippen molar-refractivity contribution in [2.45, 2.75) is 70.9 Å². The first-order valence-electron chi connectivity index (χ1n) is 6.60. The number of hydrogen-bond donors (Lipinski definition) is 2. The minimum absolute atomic E-state index is 0.0712. The number of rotatable bonds is 4. The molecular weight excluding hydrogens is 202 g/mol. The Balaban J connectivity index is 2.35. The fourth-order valence-corrected chi connectivity index (χ4v) is 2.35. The molecule has 0 radical (unpaired) electrons. The van der Waals surface area contributed by atoms with E-state index in [-0.39, 0.29) is 12.0 Å². The van der Waals surface area contributed by atoms with E-state index in [9.17, 15) is 4.79 Å². The van der Waals surface area contributed by atoms with Gasteiger partial charge in [0, 0.05) is 12.1 Å². The zero-order valence-electron chi connectivity index (χ0n) is 10.5. The normalized spacial score (nSPS) is 23.1. The van der Waals surface area contributed by atoms with Gasteiger partial charge >= 0.3 is 5.97 Å². The summed E-state index contributed by atoms with van der Waals surface area (Å²) in [6, 6.07) is 0.596. The Morgan fingerprint density at radius 2 is 1.62 bits per heavy atom. The maximum Gasteiger partial charge on any atom is 0.307 e. The number of aliphatic carboxylic acids is 1. The second kappa shape index (κ2) is 6.89. The van der Waals surface area contributed by atoms with Gasteiger partial charge in [-0.05, 0) is 19.8 Å². The van der Waals surface area contributed by atoms with Crippen LogP contribution in [0.1, 0.15) is 58.8 Å². The van der Waals surface area contributed by atoms with Crippen LogP contribution < -0.4 is 5.32 Å². The monoisotopic (exact) mass is 227 g/mol. The third-order valence-corrected chi connectivity index (χ3v) is 3.74. The molecule has 3 heteroatoms. The molecule has 0 aromatic heterocycles. The van der Waals surface area contributed by atoms with Gasteiger partial charge in [-0.15, -0.1) is 0 Å². The van der Waals surface area contributed by atoms with Crippen molar-refractivity contribution in [2.75, 3.05) is 0 Å². The number of hydrogen-bond acceptors (Lipinski definition) is 2. The SMILES string of the molecule is CC(NC1CCCCCCC1)C(C)C(=O)O. The largest absolute Gasteiger partial charge is 0.481 e. The summed E-state index contributed by atoms with van der Waals surface area (Å²) in [5.74, 6) is -1.00. The van der Waals surface area contributed by atoms with Crippen molar-refractivity contribution in [3.8, 4) is 0 Å². The molecule has 0 bridgehead atoms. The van der Waals surface area contributed by atoms with Crippen LogP contribution in [0.2, 0.25) is 0 Å². The third kappa shape index (κ3) is 4.52. The maximum atomic E-state index is 10.9. The van der Waals surface area contributed by atoms with Crippen molar-refractivity contribution in [3.63, 3.8) is 0 Å². The van der Waals surface area contributed by atoms with Gasteiger partial charge < -0.3 is 10.4 Å². The van der Waals surface area contributed by atoms with Gasteiger partial charge in [0.1, 0.15) is 0 Å². The summed E-state index contributed by atoms with van der Waals surface area (Å²) in [4.78, 5) is 10.9. The summed E-state index contributed by atoms with van der Waals surface area (Å²) in [7, 11) is 0. The van der Waals surface area contributed by atoms with Gasteiger partial charge in [0.15, 0.2) is 0 Å². The Morgan fingerprint density at radius 1 is 1.12 bits per heavy atom. The molecule has 1 saturated carbocycles. The topological polar surface area (TPSA) is 49.3 Å². The van der Waals surface area contributed by atoms with Gasteiger partial charge in [-0.1, -0.05) is 39.0 Å². The second-order valence-corrected chi connectivity index (χ2v) is 5.12. The van der Waals surface area contributed by atoms with Crippen molar-refractivity contribution < 1.29 is 9.90 Å². The van der Waals surface area contributed by atoms with Crippen LogP contribution in [-0.4, -0.2) is 23.2 Å². The highest BCUT2D eigenvalue weighted by Crippen LogP contribution is 2.18. The van der Waals surface area contributed by atoms with Crippen LogP contribution >= 0.6 is 0 Å². The van der Waals surface area contributed by atoms with Gasteiger partial charge in [0.2, 0.25) is 0 Å². The summed E-state index contributed by atoms with van der Waals surface area (Å²) >= 11 is 0. The van der Waals surface area contributed by atoms with E-state index in [2.05, 4.69) is 5.32 Å². The number of carbonyl (C=O) groups is 1. The highest BCUT2D eigenvalue weighted by atomic mass is 16.4. The molecule has 1 fully saturated rings. The van der Waals surface area contributed by atoms with E-state index in [4.69, 9.17) is 5.11 Å². The lowest BCUT2D eigenvalue weighted by Crippen LogP contribution is -2.42. The summed E-state index contributed by atoms with van der Waals surface area (Å²) in [6.07, 6.45) is 9.01. The van der Waals surface area contributed by atoms with Crippen molar-refractivity contribution >= 4 is 5.97 Å². The first kappa shape index (κ1) is 13.5. The van der Waals surface area contributed by atoms with Gasteiger partial charge in [-0.25, -0.2) is 0 Å². The van der Waals surface area contributed by atoms with Crippen molar-refractivity contribution in [1.82, 2.24) is 5.32 Å². The molecule has 0 aromatic rings.